The van der Waals surface area contributed by atoms with Gasteiger partial charge in [0.25, 0.3) is 0 Å². The van der Waals surface area contributed by atoms with Crippen molar-refractivity contribution < 1.29 is 17.9 Å². The first-order valence-corrected chi connectivity index (χ1v) is 7.22. The Morgan fingerprint density at radius 1 is 0.955 bits per heavy atom. The number of benzene rings is 2. The Labute approximate surface area is 128 Å². The topological polar surface area (TPSA) is 9.23 Å². The number of alkyl halides is 3. The molecule has 0 radical (unpaired) electrons. The van der Waals surface area contributed by atoms with Crippen LogP contribution in [0.15, 0.2) is 48.5 Å². The molecule has 0 heterocycles. The van der Waals surface area contributed by atoms with Crippen molar-refractivity contribution in [1.29, 1.82) is 0 Å². The smallest absolute Gasteiger partial charge is 0.416 e. The van der Waals surface area contributed by atoms with Crippen molar-refractivity contribution >= 4 is 0 Å². The molecule has 2 rings (SSSR count). The van der Waals surface area contributed by atoms with Crippen LogP contribution in [0, 0.1) is 5.92 Å². The van der Waals surface area contributed by atoms with E-state index < -0.39 is 11.7 Å². The highest BCUT2D eigenvalue weighted by atomic mass is 19.4. The largest absolute Gasteiger partial charge is 0.489 e. The number of ether oxygens (including phenoxy) is 1. The summed E-state index contributed by atoms with van der Waals surface area (Å²) in [5.41, 5.74) is 1.26. The van der Waals surface area contributed by atoms with Crippen LogP contribution in [0.4, 0.5) is 13.2 Å². The molecule has 0 atom stereocenters. The van der Waals surface area contributed by atoms with Gasteiger partial charge in [0.05, 0.1) is 5.56 Å². The Bertz CT molecular complexity index is 600. The summed E-state index contributed by atoms with van der Waals surface area (Å²) in [5.74, 6) is 1.29. The number of rotatable bonds is 5. The molecule has 0 amide bonds. The Morgan fingerprint density at radius 2 is 1.64 bits per heavy atom. The van der Waals surface area contributed by atoms with Crippen LogP contribution < -0.4 is 4.74 Å². The molecule has 2 aromatic carbocycles. The van der Waals surface area contributed by atoms with Gasteiger partial charge in [-0.05, 0) is 47.7 Å². The van der Waals surface area contributed by atoms with E-state index in [1.54, 1.807) is 0 Å². The highest BCUT2D eigenvalue weighted by Crippen LogP contribution is 2.29. The van der Waals surface area contributed by atoms with Gasteiger partial charge in [0.1, 0.15) is 12.4 Å². The van der Waals surface area contributed by atoms with Crippen LogP contribution in [-0.4, -0.2) is 0 Å². The lowest BCUT2D eigenvalue weighted by Gasteiger charge is -2.11. The minimum atomic E-state index is -4.30. The second kappa shape index (κ2) is 6.86. The number of hydrogen-bond acceptors (Lipinski definition) is 1. The van der Waals surface area contributed by atoms with E-state index in [0.717, 1.165) is 24.3 Å². The molecule has 118 valence electrons. The normalized spacial score (nSPS) is 11.7. The fraction of sp³-hybridized carbons (Fsp3) is 0.333. The second-order valence-corrected chi connectivity index (χ2v) is 5.73. The lowest BCUT2D eigenvalue weighted by atomic mass is 10.0. The zero-order valence-electron chi connectivity index (χ0n) is 12.7. The van der Waals surface area contributed by atoms with Crippen LogP contribution in [0.2, 0.25) is 0 Å². The van der Waals surface area contributed by atoms with Gasteiger partial charge in [-0.15, -0.1) is 0 Å². The van der Waals surface area contributed by atoms with Crippen molar-refractivity contribution in [3.8, 4) is 5.75 Å². The molecule has 0 aliphatic rings. The average molecular weight is 308 g/mol. The van der Waals surface area contributed by atoms with Gasteiger partial charge in [-0.25, -0.2) is 0 Å². The highest BCUT2D eigenvalue weighted by Gasteiger charge is 2.29. The summed E-state index contributed by atoms with van der Waals surface area (Å²) in [6.45, 7) is 4.55. The molecule has 0 fully saturated rings. The summed E-state index contributed by atoms with van der Waals surface area (Å²) in [6.07, 6.45) is -3.33. The van der Waals surface area contributed by atoms with Crippen molar-refractivity contribution in [2.45, 2.75) is 33.1 Å². The third-order valence-electron chi connectivity index (χ3n) is 3.23. The predicted molar refractivity (Wildman–Crippen MR) is 80.8 cm³/mol. The van der Waals surface area contributed by atoms with E-state index in [1.807, 2.05) is 24.3 Å². The fourth-order valence-electron chi connectivity index (χ4n) is 2.19. The minimum absolute atomic E-state index is 0.253. The second-order valence-electron chi connectivity index (χ2n) is 5.73. The van der Waals surface area contributed by atoms with E-state index in [-0.39, 0.29) is 6.61 Å². The average Bonchev–Trinajstić information content (AvgIpc) is 2.44. The Balaban J connectivity index is 1.98. The van der Waals surface area contributed by atoms with Crippen molar-refractivity contribution in [1.82, 2.24) is 0 Å². The monoisotopic (exact) mass is 308 g/mol. The molecule has 0 unspecified atom stereocenters. The molecule has 0 N–H and O–H groups in total. The minimum Gasteiger partial charge on any atom is -0.489 e. The first kappa shape index (κ1) is 16.4. The standard InChI is InChI=1S/C18H19F3O/c1-13(2)10-15-4-3-5-17(11-15)22-12-14-6-8-16(9-7-14)18(19,20)21/h3-9,11,13H,10,12H2,1-2H3. The van der Waals surface area contributed by atoms with Gasteiger partial charge in [0.15, 0.2) is 0 Å². The van der Waals surface area contributed by atoms with E-state index >= 15 is 0 Å². The molecule has 0 bridgehead atoms. The van der Waals surface area contributed by atoms with Gasteiger partial charge in [0, 0.05) is 0 Å². The number of halogens is 3. The summed E-state index contributed by atoms with van der Waals surface area (Å²) < 4.78 is 43.1. The molecule has 0 saturated carbocycles. The first-order chi connectivity index (χ1) is 10.3. The van der Waals surface area contributed by atoms with E-state index in [9.17, 15) is 13.2 Å². The highest BCUT2D eigenvalue weighted by molar-refractivity contribution is 5.30. The van der Waals surface area contributed by atoms with Gasteiger partial charge in [-0.1, -0.05) is 38.1 Å². The van der Waals surface area contributed by atoms with E-state index in [2.05, 4.69) is 13.8 Å². The molecule has 0 aliphatic heterocycles. The molecule has 0 saturated heterocycles. The molecule has 0 spiro atoms. The molecule has 0 aliphatic carbocycles. The molecule has 4 heteroatoms. The maximum atomic E-state index is 12.5. The third-order valence-corrected chi connectivity index (χ3v) is 3.23. The summed E-state index contributed by atoms with van der Waals surface area (Å²) in [6, 6.07) is 12.9. The first-order valence-electron chi connectivity index (χ1n) is 7.22. The summed E-state index contributed by atoms with van der Waals surface area (Å²) in [4.78, 5) is 0. The zero-order valence-corrected chi connectivity index (χ0v) is 12.7. The van der Waals surface area contributed by atoms with Crippen LogP contribution >= 0.6 is 0 Å². The van der Waals surface area contributed by atoms with Crippen molar-refractivity contribution in [3.05, 3.63) is 65.2 Å². The molecular weight excluding hydrogens is 289 g/mol. The SMILES string of the molecule is CC(C)Cc1cccc(OCc2ccc(C(F)(F)F)cc2)c1. The van der Waals surface area contributed by atoms with Crippen LogP contribution in [0.1, 0.15) is 30.5 Å². The van der Waals surface area contributed by atoms with Crippen molar-refractivity contribution in [2.75, 3.05) is 0 Å². The van der Waals surface area contributed by atoms with Gasteiger partial charge in [-0.2, -0.15) is 13.2 Å². The fourth-order valence-corrected chi connectivity index (χ4v) is 2.19. The molecule has 22 heavy (non-hydrogen) atoms. The summed E-state index contributed by atoms with van der Waals surface area (Å²) in [5, 5.41) is 0. The van der Waals surface area contributed by atoms with Crippen molar-refractivity contribution in [2.24, 2.45) is 5.92 Å². The van der Waals surface area contributed by atoms with E-state index in [4.69, 9.17) is 4.74 Å². The van der Waals surface area contributed by atoms with Crippen molar-refractivity contribution in [3.63, 3.8) is 0 Å². The molecule has 2 aromatic rings. The van der Waals surface area contributed by atoms with Crippen LogP contribution in [0.3, 0.4) is 0 Å². The van der Waals surface area contributed by atoms with Crippen LogP contribution in [-0.2, 0) is 19.2 Å². The van der Waals surface area contributed by atoms with E-state index in [0.29, 0.717) is 11.5 Å². The van der Waals surface area contributed by atoms with Crippen LogP contribution in [0.5, 0.6) is 5.75 Å². The maximum Gasteiger partial charge on any atom is 0.416 e. The van der Waals surface area contributed by atoms with Gasteiger partial charge in [0.2, 0.25) is 0 Å². The maximum absolute atomic E-state index is 12.5. The Morgan fingerprint density at radius 3 is 2.23 bits per heavy atom. The van der Waals surface area contributed by atoms with Gasteiger partial charge in [-0.3, -0.25) is 0 Å². The quantitative estimate of drug-likeness (QED) is 0.710. The van der Waals surface area contributed by atoms with Crippen LogP contribution in [0.25, 0.3) is 0 Å². The van der Waals surface area contributed by atoms with E-state index in [1.165, 1.54) is 17.7 Å². The zero-order chi connectivity index (χ0) is 16.2. The Kier molecular flexibility index (Phi) is 5.11. The Hall–Kier alpha value is -1.97. The molecule has 0 aromatic heterocycles. The third kappa shape index (κ3) is 4.79. The van der Waals surface area contributed by atoms with Gasteiger partial charge < -0.3 is 4.74 Å². The van der Waals surface area contributed by atoms with Gasteiger partial charge >= 0.3 is 6.18 Å². The lowest BCUT2D eigenvalue weighted by molar-refractivity contribution is -0.137. The molecular formula is C18H19F3O. The summed E-state index contributed by atoms with van der Waals surface area (Å²) in [7, 11) is 0. The predicted octanol–water partition coefficient (Wildman–Crippen LogP) is 5.48. The lowest BCUT2D eigenvalue weighted by Crippen LogP contribution is -2.05. The number of hydrogen-bond donors (Lipinski definition) is 0. The molecule has 1 nitrogen and oxygen atoms in total. The summed E-state index contributed by atoms with van der Waals surface area (Å²) >= 11 is 0.